The summed E-state index contributed by atoms with van der Waals surface area (Å²) in [6.45, 7) is 2.51. The summed E-state index contributed by atoms with van der Waals surface area (Å²) in [5.41, 5.74) is 0. The molecule has 0 aliphatic heterocycles. The lowest BCUT2D eigenvalue weighted by Gasteiger charge is -2.00. The quantitative estimate of drug-likeness (QED) is 0.561. The van der Waals surface area contributed by atoms with Gasteiger partial charge in [0.05, 0.1) is 13.2 Å². The third-order valence-electron chi connectivity index (χ3n) is 1.56. The number of Topliss-reactive ketones (excluding diaryl/α,β-unsaturated/α-hetero) is 1. The SMILES string of the molecule is CCCCCC(=O)COCCO. The smallest absolute Gasteiger partial charge is 0.158 e. The van der Waals surface area contributed by atoms with E-state index in [0.717, 1.165) is 19.3 Å². The Balaban J connectivity index is 3.10. The molecule has 1 N–H and O–H groups in total. The van der Waals surface area contributed by atoms with Crippen molar-refractivity contribution in [2.24, 2.45) is 0 Å². The third kappa shape index (κ3) is 7.69. The molecule has 0 bridgehead atoms. The summed E-state index contributed by atoms with van der Waals surface area (Å²) < 4.78 is 4.88. The van der Waals surface area contributed by atoms with Gasteiger partial charge >= 0.3 is 0 Å². The van der Waals surface area contributed by atoms with Crippen LogP contribution in [0, 0.1) is 0 Å². The molecule has 0 heterocycles. The predicted octanol–water partition coefficient (Wildman–Crippen LogP) is 1.14. The number of aliphatic hydroxyl groups is 1. The van der Waals surface area contributed by atoms with Crippen molar-refractivity contribution in [3.63, 3.8) is 0 Å². The van der Waals surface area contributed by atoms with Crippen molar-refractivity contribution in [2.75, 3.05) is 19.8 Å². The van der Waals surface area contributed by atoms with E-state index in [4.69, 9.17) is 9.84 Å². The van der Waals surface area contributed by atoms with Gasteiger partial charge in [-0.05, 0) is 6.42 Å². The maximum absolute atomic E-state index is 11.0. The van der Waals surface area contributed by atoms with Crippen LogP contribution in [0.5, 0.6) is 0 Å². The molecule has 0 amide bonds. The number of hydrogen-bond donors (Lipinski definition) is 1. The number of carbonyl (C=O) groups excluding carboxylic acids is 1. The Kier molecular flexibility index (Phi) is 8.39. The third-order valence-corrected chi connectivity index (χ3v) is 1.56. The van der Waals surface area contributed by atoms with E-state index in [0.29, 0.717) is 6.42 Å². The predicted molar refractivity (Wildman–Crippen MR) is 47.1 cm³/mol. The van der Waals surface area contributed by atoms with E-state index in [1.54, 1.807) is 0 Å². The maximum Gasteiger partial charge on any atom is 0.158 e. The van der Waals surface area contributed by atoms with Gasteiger partial charge in [0.1, 0.15) is 6.61 Å². The van der Waals surface area contributed by atoms with Gasteiger partial charge in [-0.2, -0.15) is 0 Å². The lowest BCUT2D eigenvalue weighted by molar-refractivity contribution is -0.124. The average molecular weight is 174 g/mol. The molecule has 0 saturated heterocycles. The highest BCUT2D eigenvalue weighted by molar-refractivity contribution is 5.79. The van der Waals surface area contributed by atoms with Crippen LogP contribution >= 0.6 is 0 Å². The zero-order chi connectivity index (χ0) is 9.23. The first-order valence-corrected chi connectivity index (χ1v) is 4.51. The summed E-state index contributed by atoms with van der Waals surface area (Å²) >= 11 is 0. The Hall–Kier alpha value is -0.410. The standard InChI is InChI=1S/C9H18O3/c1-2-3-4-5-9(11)8-12-7-6-10/h10H,2-8H2,1H3. The van der Waals surface area contributed by atoms with Crippen molar-refractivity contribution in [1.82, 2.24) is 0 Å². The maximum atomic E-state index is 11.0. The van der Waals surface area contributed by atoms with Gasteiger partial charge < -0.3 is 9.84 Å². The molecule has 0 radical (unpaired) electrons. The number of unbranched alkanes of at least 4 members (excludes halogenated alkanes) is 2. The van der Waals surface area contributed by atoms with Gasteiger partial charge in [-0.3, -0.25) is 4.79 Å². The van der Waals surface area contributed by atoms with Gasteiger partial charge in [-0.15, -0.1) is 0 Å². The second-order valence-electron chi connectivity index (χ2n) is 2.77. The molecule has 0 atom stereocenters. The Morgan fingerprint density at radius 1 is 1.42 bits per heavy atom. The second-order valence-corrected chi connectivity index (χ2v) is 2.77. The largest absolute Gasteiger partial charge is 0.394 e. The van der Waals surface area contributed by atoms with E-state index in [1.165, 1.54) is 0 Å². The monoisotopic (exact) mass is 174 g/mol. The topological polar surface area (TPSA) is 46.5 Å². The Morgan fingerprint density at radius 2 is 2.17 bits per heavy atom. The fraction of sp³-hybridized carbons (Fsp3) is 0.889. The highest BCUT2D eigenvalue weighted by atomic mass is 16.5. The molecule has 0 rings (SSSR count). The molecule has 0 aromatic carbocycles. The minimum absolute atomic E-state index is 0.0117. The molecule has 72 valence electrons. The van der Waals surface area contributed by atoms with Crippen molar-refractivity contribution in [2.45, 2.75) is 32.6 Å². The first kappa shape index (κ1) is 11.6. The number of rotatable bonds is 8. The first-order chi connectivity index (χ1) is 5.81. The lowest BCUT2D eigenvalue weighted by Crippen LogP contribution is -2.10. The van der Waals surface area contributed by atoms with E-state index in [9.17, 15) is 4.79 Å². The number of ether oxygens (including phenoxy) is 1. The number of carbonyl (C=O) groups is 1. The van der Waals surface area contributed by atoms with E-state index < -0.39 is 0 Å². The summed E-state index contributed by atoms with van der Waals surface area (Å²) in [5.74, 6) is 0.136. The fourth-order valence-corrected chi connectivity index (χ4v) is 0.895. The normalized spacial score (nSPS) is 10.2. The summed E-state index contributed by atoms with van der Waals surface area (Å²) in [5, 5.41) is 8.36. The van der Waals surface area contributed by atoms with E-state index >= 15 is 0 Å². The highest BCUT2D eigenvalue weighted by Crippen LogP contribution is 1.99. The van der Waals surface area contributed by atoms with E-state index in [2.05, 4.69) is 6.92 Å². The van der Waals surface area contributed by atoms with Crippen LogP contribution in [0.25, 0.3) is 0 Å². The molecule has 3 heteroatoms. The highest BCUT2D eigenvalue weighted by Gasteiger charge is 2.00. The molecule has 0 aromatic rings. The fourth-order valence-electron chi connectivity index (χ4n) is 0.895. The summed E-state index contributed by atoms with van der Waals surface area (Å²) in [6.07, 6.45) is 3.80. The van der Waals surface area contributed by atoms with E-state index in [1.807, 2.05) is 0 Å². The van der Waals surface area contributed by atoms with Gasteiger partial charge in [-0.1, -0.05) is 19.8 Å². The Labute approximate surface area is 73.7 Å². The van der Waals surface area contributed by atoms with Crippen molar-refractivity contribution in [3.8, 4) is 0 Å². The Morgan fingerprint density at radius 3 is 2.75 bits per heavy atom. The summed E-state index contributed by atoms with van der Waals surface area (Å²) in [4.78, 5) is 11.0. The molecular formula is C9H18O3. The van der Waals surface area contributed by atoms with Gasteiger partial charge in [-0.25, -0.2) is 0 Å². The number of ketones is 1. The number of hydrogen-bond acceptors (Lipinski definition) is 3. The molecule has 3 nitrogen and oxygen atoms in total. The molecule has 0 aromatic heterocycles. The van der Waals surface area contributed by atoms with E-state index in [-0.39, 0.29) is 25.6 Å². The molecule has 0 aliphatic carbocycles. The summed E-state index contributed by atoms with van der Waals surface area (Å²) in [7, 11) is 0. The Bertz CT molecular complexity index is 100. The first-order valence-electron chi connectivity index (χ1n) is 4.51. The average Bonchev–Trinajstić information content (AvgIpc) is 2.06. The lowest BCUT2D eigenvalue weighted by atomic mass is 10.1. The zero-order valence-corrected chi connectivity index (χ0v) is 7.71. The van der Waals surface area contributed by atoms with Crippen molar-refractivity contribution >= 4 is 5.78 Å². The number of aliphatic hydroxyl groups excluding tert-OH is 1. The van der Waals surface area contributed by atoms with Gasteiger partial charge in [0, 0.05) is 6.42 Å². The van der Waals surface area contributed by atoms with Crippen LogP contribution in [-0.4, -0.2) is 30.7 Å². The van der Waals surface area contributed by atoms with Crippen LogP contribution in [0.15, 0.2) is 0 Å². The van der Waals surface area contributed by atoms with Crippen molar-refractivity contribution in [3.05, 3.63) is 0 Å². The van der Waals surface area contributed by atoms with Crippen LogP contribution in [0.2, 0.25) is 0 Å². The molecule has 0 spiro atoms. The minimum atomic E-state index is -0.0117. The van der Waals surface area contributed by atoms with Crippen LogP contribution < -0.4 is 0 Å². The molecule has 12 heavy (non-hydrogen) atoms. The van der Waals surface area contributed by atoms with Gasteiger partial charge in [0.15, 0.2) is 5.78 Å². The molecule has 0 fully saturated rings. The zero-order valence-electron chi connectivity index (χ0n) is 7.71. The molecule has 0 aliphatic rings. The van der Waals surface area contributed by atoms with Gasteiger partial charge in [0.2, 0.25) is 0 Å². The van der Waals surface area contributed by atoms with Crippen LogP contribution in [-0.2, 0) is 9.53 Å². The minimum Gasteiger partial charge on any atom is -0.394 e. The van der Waals surface area contributed by atoms with Crippen LogP contribution in [0.3, 0.4) is 0 Å². The molecule has 0 unspecified atom stereocenters. The molecule has 0 saturated carbocycles. The van der Waals surface area contributed by atoms with Crippen molar-refractivity contribution < 1.29 is 14.6 Å². The second kappa shape index (κ2) is 8.68. The van der Waals surface area contributed by atoms with Crippen LogP contribution in [0.1, 0.15) is 32.6 Å². The van der Waals surface area contributed by atoms with Gasteiger partial charge in [0.25, 0.3) is 0 Å². The molecular weight excluding hydrogens is 156 g/mol. The summed E-state index contributed by atoms with van der Waals surface area (Å²) in [6, 6.07) is 0. The van der Waals surface area contributed by atoms with Crippen molar-refractivity contribution in [1.29, 1.82) is 0 Å². The van der Waals surface area contributed by atoms with Crippen LogP contribution in [0.4, 0.5) is 0 Å².